The van der Waals surface area contributed by atoms with E-state index in [-0.39, 0.29) is 6.04 Å². The molecule has 0 rings (SSSR count). The van der Waals surface area contributed by atoms with E-state index in [0.717, 1.165) is 31.4 Å². The van der Waals surface area contributed by atoms with Gasteiger partial charge in [-0.05, 0) is 18.6 Å². The molecule has 65 valence electrons. The first-order chi connectivity index (χ1) is 5.31. The highest BCUT2D eigenvalue weighted by atomic mass is 32.1. The maximum Gasteiger partial charge on any atom is 0.216 e. The fraction of sp³-hybridized carbons (Fsp3) is 0.875. The molecule has 1 atom stereocenters. The van der Waals surface area contributed by atoms with Gasteiger partial charge in [0.15, 0.2) is 0 Å². The standard InChI is InChI=1S/C8H16NOS/c9-8(7-10)5-3-1-2-4-6-11/h8,11H,1-6,9H2/t8-/m0/s1. The second kappa shape index (κ2) is 8.08. The monoisotopic (exact) mass is 174 g/mol. The van der Waals surface area contributed by atoms with Crippen LogP contribution in [-0.4, -0.2) is 18.1 Å². The summed E-state index contributed by atoms with van der Waals surface area (Å²) in [4.78, 5) is 9.96. The van der Waals surface area contributed by atoms with Gasteiger partial charge in [-0.1, -0.05) is 19.3 Å². The Morgan fingerprint density at radius 1 is 1.27 bits per heavy atom. The number of hydrogen-bond acceptors (Lipinski definition) is 3. The number of hydrogen-bond donors (Lipinski definition) is 2. The van der Waals surface area contributed by atoms with Crippen LogP contribution in [0, 0.1) is 0 Å². The minimum absolute atomic E-state index is 0.369. The molecule has 0 unspecified atom stereocenters. The van der Waals surface area contributed by atoms with E-state index in [0.29, 0.717) is 0 Å². The molecule has 3 heteroatoms. The fourth-order valence-electron chi connectivity index (χ4n) is 0.889. The third-order valence-electron chi connectivity index (χ3n) is 1.57. The van der Waals surface area contributed by atoms with E-state index >= 15 is 0 Å². The Kier molecular flexibility index (Phi) is 8.07. The highest BCUT2D eigenvalue weighted by Gasteiger charge is 1.99. The van der Waals surface area contributed by atoms with Gasteiger partial charge in [0.05, 0.1) is 6.04 Å². The van der Waals surface area contributed by atoms with Crippen molar-refractivity contribution in [2.75, 3.05) is 5.75 Å². The molecule has 0 saturated heterocycles. The number of thiol groups is 1. The largest absolute Gasteiger partial charge is 0.321 e. The van der Waals surface area contributed by atoms with Crippen LogP contribution in [0.5, 0.6) is 0 Å². The average Bonchev–Trinajstić information content (AvgIpc) is 2.04. The van der Waals surface area contributed by atoms with Crippen molar-refractivity contribution in [1.82, 2.24) is 0 Å². The summed E-state index contributed by atoms with van der Waals surface area (Å²) in [6, 6.07) is -0.369. The van der Waals surface area contributed by atoms with Gasteiger partial charge < -0.3 is 5.73 Å². The maximum absolute atomic E-state index is 9.96. The molecule has 0 aromatic carbocycles. The highest BCUT2D eigenvalue weighted by Crippen LogP contribution is 2.04. The van der Waals surface area contributed by atoms with E-state index in [2.05, 4.69) is 12.6 Å². The number of rotatable bonds is 7. The zero-order valence-electron chi connectivity index (χ0n) is 6.75. The van der Waals surface area contributed by atoms with Gasteiger partial charge in [0.25, 0.3) is 0 Å². The van der Waals surface area contributed by atoms with Crippen LogP contribution < -0.4 is 5.73 Å². The van der Waals surface area contributed by atoms with E-state index in [1.54, 1.807) is 6.29 Å². The summed E-state index contributed by atoms with van der Waals surface area (Å²) in [5.74, 6) is 0.950. The molecular weight excluding hydrogens is 158 g/mol. The second-order valence-electron chi connectivity index (χ2n) is 2.65. The zero-order valence-corrected chi connectivity index (χ0v) is 7.65. The van der Waals surface area contributed by atoms with Crippen LogP contribution in [0.3, 0.4) is 0 Å². The first-order valence-corrected chi connectivity index (χ1v) is 4.68. The van der Waals surface area contributed by atoms with Crippen LogP contribution in [0.25, 0.3) is 0 Å². The van der Waals surface area contributed by atoms with Gasteiger partial charge in [0.1, 0.15) is 0 Å². The molecule has 0 spiro atoms. The molecule has 2 nitrogen and oxygen atoms in total. The molecule has 0 bridgehead atoms. The van der Waals surface area contributed by atoms with Crippen LogP contribution in [0.15, 0.2) is 0 Å². The normalized spacial score (nSPS) is 12.9. The SMILES string of the molecule is N[C@H]([C]=O)CCCCCCS. The molecule has 2 N–H and O–H groups in total. The van der Waals surface area contributed by atoms with Crippen molar-refractivity contribution in [3.8, 4) is 0 Å². The summed E-state index contributed by atoms with van der Waals surface area (Å²) in [6.45, 7) is 0. The fourth-order valence-corrected chi connectivity index (χ4v) is 1.11. The lowest BCUT2D eigenvalue weighted by Crippen LogP contribution is -2.20. The van der Waals surface area contributed by atoms with Gasteiger partial charge in [-0.2, -0.15) is 12.6 Å². The van der Waals surface area contributed by atoms with E-state index in [1.807, 2.05) is 0 Å². The maximum atomic E-state index is 9.96. The molecule has 1 radical (unpaired) electrons. The molecule has 0 heterocycles. The Morgan fingerprint density at radius 2 is 1.91 bits per heavy atom. The molecule has 0 amide bonds. The molecule has 0 aromatic heterocycles. The van der Waals surface area contributed by atoms with Crippen molar-refractivity contribution in [3.63, 3.8) is 0 Å². The average molecular weight is 174 g/mol. The molecule has 0 aliphatic heterocycles. The minimum Gasteiger partial charge on any atom is -0.321 e. The van der Waals surface area contributed by atoms with E-state index < -0.39 is 0 Å². The summed E-state index contributed by atoms with van der Waals surface area (Å²) in [6.07, 6.45) is 7.07. The van der Waals surface area contributed by atoms with Gasteiger partial charge >= 0.3 is 0 Å². The first kappa shape index (κ1) is 11.0. The molecule has 11 heavy (non-hydrogen) atoms. The van der Waals surface area contributed by atoms with Crippen LogP contribution in [0.4, 0.5) is 0 Å². The summed E-state index contributed by atoms with van der Waals surface area (Å²) >= 11 is 4.09. The molecule has 0 fully saturated rings. The van der Waals surface area contributed by atoms with Crippen molar-refractivity contribution in [1.29, 1.82) is 0 Å². The third kappa shape index (κ3) is 7.88. The van der Waals surface area contributed by atoms with Crippen molar-refractivity contribution in [3.05, 3.63) is 0 Å². The topological polar surface area (TPSA) is 43.1 Å². The van der Waals surface area contributed by atoms with Crippen molar-refractivity contribution in [2.45, 2.75) is 38.1 Å². The van der Waals surface area contributed by atoms with Crippen molar-refractivity contribution >= 4 is 18.9 Å². The Labute approximate surface area is 74.0 Å². The zero-order chi connectivity index (χ0) is 8.53. The predicted molar refractivity (Wildman–Crippen MR) is 50.6 cm³/mol. The van der Waals surface area contributed by atoms with E-state index in [9.17, 15) is 4.79 Å². The smallest absolute Gasteiger partial charge is 0.216 e. The Hall–Kier alpha value is -0.0200. The summed E-state index contributed by atoms with van der Waals surface area (Å²) in [5.41, 5.74) is 5.35. The van der Waals surface area contributed by atoms with Crippen molar-refractivity contribution in [2.24, 2.45) is 5.73 Å². The summed E-state index contributed by atoms with van der Waals surface area (Å²) in [7, 11) is 0. The lowest BCUT2D eigenvalue weighted by atomic mass is 10.1. The lowest BCUT2D eigenvalue weighted by Gasteiger charge is -2.01. The Balaban J connectivity index is 2.95. The van der Waals surface area contributed by atoms with Crippen LogP contribution >= 0.6 is 12.6 Å². The second-order valence-corrected chi connectivity index (χ2v) is 3.10. The van der Waals surface area contributed by atoms with E-state index in [4.69, 9.17) is 5.73 Å². The highest BCUT2D eigenvalue weighted by molar-refractivity contribution is 7.80. The van der Waals surface area contributed by atoms with Gasteiger partial charge in [0.2, 0.25) is 6.29 Å². The Bertz CT molecular complexity index is 98.1. The van der Waals surface area contributed by atoms with Gasteiger partial charge in [-0.25, -0.2) is 0 Å². The first-order valence-electron chi connectivity index (χ1n) is 4.05. The van der Waals surface area contributed by atoms with E-state index in [1.165, 1.54) is 6.42 Å². The van der Waals surface area contributed by atoms with Gasteiger partial charge in [-0.15, -0.1) is 0 Å². The molecular formula is C8H16NOS. The van der Waals surface area contributed by atoms with Crippen molar-refractivity contribution < 1.29 is 4.79 Å². The number of carbonyl (C=O) groups excluding carboxylic acids is 1. The summed E-state index contributed by atoms with van der Waals surface area (Å²) < 4.78 is 0. The lowest BCUT2D eigenvalue weighted by molar-refractivity contribution is 0.526. The van der Waals surface area contributed by atoms with Gasteiger partial charge in [-0.3, -0.25) is 4.79 Å². The molecule has 0 saturated carbocycles. The molecule has 0 aromatic rings. The number of nitrogens with two attached hydrogens (primary N) is 1. The minimum atomic E-state index is -0.369. The van der Waals surface area contributed by atoms with Crippen LogP contribution in [0.2, 0.25) is 0 Å². The Morgan fingerprint density at radius 3 is 2.45 bits per heavy atom. The quantitative estimate of drug-likeness (QED) is 0.451. The summed E-state index contributed by atoms with van der Waals surface area (Å²) in [5, 5.41) is 0. The number of unbranched alkanes of at least 4 members (excludes halogenated alkanes) is 3. The van der Waals surface area contributed by atoms with Crippen LogP contribution in [-0.2, 0) is 4.79 Å². The van der Waals surface area contributed by atoms with Gasteiger partial charge in [0, 0.05) is 0 Å². The molecule has 0 aliphatic rings. The third-order valence-corrected chi connectivity index (χ3v) is 1.89. The van der Waals surface area contributed by atoms with Crippen LogP contribution in [0.1, 0.15) is 32.1 Å². The predicted octanol–water partition coefficient (Wildman–Crippen LogP) is 1.30. The molecule has 0 aliphatic carbocycles.